The molecule has 2 aliphatic carbocycles. The molecule has 2 N–H and O–H groups in total. The second-order valence-electron chi connectivity index (χ2n) is 16.3. The van der Waals surface area contributed by atoms with Gasteiger partial charge in [0.25, 0.3) is 5.91 Å². The molecule has 14 nitrogen and oxygen atoms in total. The van der Waals surface area contributed by atoms with E-state index in [9.17, 15) is 19.2 Å². The van der Waals surface area contributed by atoms with Crippen LogP contribution in [0.4, 0.5) is 17.5 Å². The highest BCUT2D eigenvalue weighted by atomic mass is 16.2. The van der Waals surface area contributed by atoms with Crippen LogP contribution in [0.2, 0.25) is 0 Å². The number of aromatic nitrogens is 6. The minimum atomic E-state index is -0.700. The zero-order valence-electron chi connectivity index (χ0n) is 32.3. The van der Waals surface area contributed by atoms with Crippen molar-refractivity contribution in [2.45, 2.75) is 82.7 Å². The molecule has 290 valence electrons. The van der Waals surface area contributed by atoms with Gasteiger partial charge in [0, 0.05) is 64.5 Å². The molecule has 3 amide bonds. The number of carbonyl (C=O) groups excluding carboxylic acids is 3. The van der Waals surface area contributed by atoms with Crippen LogP contribution in [0.15, 0.2) is 59.7 Å². The van der Waals surface area contributed by atoms with Crippen LogP contribution in [0.5, 0.6) is 0 Å². The van der Waals surface area contributed by atoms with E-state index in [2.05, 4.69) is 43.3 Å². The molecule has 3 fully saturated rings. The summed E-state index contributed by atoms with van der Waals surface area (Å²) in [4.78, 5) is 69.3. The highest BCUT2D eigenvalue weighted by Gasteiger charge is 2.37. The molecule has 6 heterocycles. The molecule has 1 aromatic carbocycles. The van der Waals surface area contributed by atoms with Gasteiger partial charge in [0.15, 0.2) is 0 Å². The number of imidazole rings is 1. The Morgan fingerprint density at radius 2 is 1.75 bits per heavy atom. The van der Waals surface area contributed by atoms with Gasteiger partial charge < -0.3 is 19.7 Å². The van der Waals surface area contributed by atoms with E-state index in [0.717, 1.165) is 104 Å². The maximum absolute atomic E-state index is 13.5. The van der Waals surface area contributed by atoms with Crippen LogP contribution in [0.25, 0.3) is 27.6 Å². The Morgan fingerprint density at radius 1 is 0.946 bits per heavy atom. The molecule has 2 aliphatic heterocycles. The van der Waals surface area contributed by atoms with E-state index in [4.69, 9.17) is 9.97 Å². The smallest absolute Gasteiger partial charge is 0.329 e. The van der Waals surface area contributed by atoms with Gasteiger partial charge >= 0.3 is 5.69 Å². The third-order valence-corrected chi connectivity index (χ3v) is 12.7. The number of amides is 3. The highest BCUT2D eigenvalue weighted by molar-refractivity contribution is 6.01. The molecule has 0 radical (unpaired) electrons. The Kier molecular flexibility index (Phi) is 9.01. The number of piperidine rings is 2. The van der Waals surface area contributed by atoms with Crippen molar-refractivity contribution in [1.82, 2.24) is 38.9 Å². The van der Waals surface area contributed by atoms with Crippen LogP contribution >= 0.6 is 0 Å². The van der Waals surface area contributed by atoms with E-state index in [0.29, 0.717) is 23.9 Å². The summed E-state index contributed by atoms with van der Waals surface area (Å²) >= 11 is 0. The number of benzene rings is 1. The number of pyridine rings is 1. The Hall–Kier alpha value is -5.79. The number of nitrogens with zero attached hydrogens (tertiary/aromatic N) is 8. The fourth-order valence-corrected chi connectivity index (χ4v) is 9.55. The lowest BCUT2D eigenvalue weighted by molar-refractivity contribution is -0.135. The number of fused-ring (bicyclic) bond motifs is 2. The topological polar surface area (TPSA) is 152 Å². The van der Waals surface area contributed by atoms with E-state index in [-0.39, 0.29) is 35.4 Å². The molecule has 4 aliphatic rings. The fourth-order valence-electron chi connectivity index (χ4n) is 9.55. The zero-order valence-corrected chi connectivity index (χ0v) is 32.3. The number of aryl methyl sites for hydroxylation is 1. The Balaban J connectivity index is 0.869. The highest BCUT2D eigenvalue weighted by Crippen LogP contribution is 2.47. The molecule has 4 aromatic heterocycles. The van der Waals surface area contributed by atoms with Gasteiger partial charge in [-0.25, -0.2) is 14.8 Å². The summed E-state index contributed by atoms with van der Waals surface area (Å²) in [5.74, 6) is 0.373. The summed E-state index contributed by atoms with van der Waals surface area (Å²) in [5.41, 5.74) is 6.41. The van der Waals surface area contributed by atoms with Crippen LogP contribution in [0.3, 0.4) is 0 Å². The number of nitrogens with one attached hydrogen (secondary N) is 2. The molecule has 9 rings (SSSR count). The maximum Gasteiger partial charge on any atom is 0.329 e. The van der Waals surface area contributed by atoms with Crippen molar-refractivity contribution in [3.05, 3.63) is 76.6 Å². The van der Waals surface area contributed by atoms with Crippen molar-refractivity contribution in [1.29, 1.82) is 0 Å². The van der Waals surface area contributed by atoms with Crippen LogP contribution in [-0.4, -0.2) is 78.5 Å². The van der Waals surface area contributed by atoms with Gasteiger partial charge in [-0.15, -0.1) is 0 Å². The predicted molar refractivity (Wildman–Crippen MR) is 215 cm³/mol. The molecule has 1 spiro atoms. The Bertz CT molecular complexity index is 2460. The normalized spacial score (nSPS) is 20.2. The summed E-state index contributed by atoms with van der Waals surface area (Å²) in [5, 5.41) is 6.55. The summed E-state index contributed by atoms with van der Waals surface area (Å²) in [6, 6.07) is 11.5. The predicted octanol–water partition coefficient (Wildman–Crippen LogP) is 5.87. The maximum atomic E-state index is 13.5. The Labute approximate surface area is 324 Å². The zero-order chi connectivity index (χ0) is 38.7. The van der Waals surface area contributed by atoms with Gasteiger partial charge in [0.2, 0.25) is 17.8 Å². The quantitative estimate of drug-likeness (QED) is 0.194. The summed E-state index contributed by atoms with van der Waals surface area (Å²) in [6.07, 6.45) is 16.2. The second-order valence-corrected chi connectivity index (χ2v) is 16.3. The van der Waals surface area contributed by atoms with Gasteiger partial charge in [-0.1, -0.05) is 25.0 Å². The number of imide groups is 1. The first-order valence-corrected chi connectivity index (χ1v) is 19.9. The van der Waals surface area contributed by atoms with Crippen LogP contribution in [-0.2, 0) is 16.6 Å². The van der Waals surface area contributed by atoms with E-state index >= 15 is 0 Å². The minimum absolute atomic E-state index is 0.0292. The number of rotatable bonds is 7. The number of carbonyl (C=O) groups is 3. The molecule has 5 aromatic rings. The number of hydrogen-bond acceptors (Lipinski definition) is 9. The average Bonchev–Trinajstić information content (AvgIpc) is 3.93. The van der Waals surface area contributed by atoms with Gasteiger partial charge in [-0.05, 0) is 98.2 Å². The van der Waals surface area contributed by atoms with Crippen molar-refractivity contribution >= 4 is 62.8 Å². The second kappa shape index (κ2) is 14.1. The van der Waals surface area contributed by atoms with Gasteiger partial charge in [0.05, 0.1) is 16.7 Å². The molecule has 1 saturated carbocycles. The van der Waals surface area contributed by atoms with Crippen molar-refractivity contribution in [2.75, 3.05) is 37.4 Å². The lowest BCUT2D eigenvalue weighted by atomic mass is 9.68. The summed E-state index contributed by atoms with van der Waals surface area (Å²) < 4.78 is 5.33. The average molecular weight is 757 g/mol. The van der Waals surface area contributed by atoms with Crippen molar-refractivity contribution in [2.24, 2.45) is 12.5 Å². The van der Waals surface area contributed by atoms with Crippen molar-refractivity contribution in [3.8, 4) is 0 Å². The monoisotopic (exact) mass is 756 g/mol. The third-order valence-electron chi connectivity index (χ3n) is 12.7. The first kappa shape index (κ1) is 35.9. The third kappa shape index (κ3) is 6.24. The van der Waals surface area contributed by atoms with Gasteiger partial charge in [-0.2, -0.15) is 4.98 Å². The first-order chi connectivity index (χ1) is 27.1. The number of para-hydroxylation sites is 1. The van der Waals surface area contributed by atoms with E-state index in [1.165, 1.54) is 5.57 Å². The van der Waals surface area contributed by atoms with Gasteiger partial charge in [0.1, 0.15) is 23.2 Å². The molecule has 56 heavy (non-hydrogen) atoms. The van der Waals surface area contributed by atoms with Crippen LogP contribution < -0.4 is 21.2 Å². The molecule has 0 bridgehead atoms. The van der Waals surface area contributed by atoms with E-state index in [1.54, 1.807) is 41.4 Å². The molecule has 1 atom stereocenters. The van der Waals surface area contributed by atoms with E-state index in [1.807, 2.05) is 30.5 Å². The van der Waals surface area contributed by atoms with E-state index < -0.39 is 11.9 Å². The lowest BCUT2D eigenvalue weighted by Gasteiger charge is -2.44. The largest absolute Gasteiger partial charge is 0.370 e. The molecular formula is C42H48N10O4. The Morgan fingerprint density at radius 3 is 2.45 bits per heavy atom. The summed E-state index contributed by atoms with van der Waals surface area (Å²) in [6.45, 7) is 1.77. The summed E-state index contributed by atoms with van der Waals surface area (Å²) in [7, 11) is 5.32. The fraction of sp³-hybridized carbons (Fsp3) is 0.452. The SMILES string of the molecule is CN(C)C(=O)c1cc2cnc(Nc3ccc(C4=CCC5(CC4)CCN(c4cccc6c4n(C)c(=O)n6[C@H]4CCC(=O)NC4=O)CC5)cn3)nc2n1C1CCCC1. The lowest BCUT2D eigenvalue weighted by Crippen LogP contribution is -2.44. The number of allylic oxidation sites excluding steroid dienone is 2. The van der Waals surface area contributed by atoms with Gasteiger partial charge in [-0.3, -0.25) is 28.8 Å². The molecule has 2 saturated heterocycles. The molecule has 14 heteroatoms. The number of anilines is 3. The molecule has 0 unspecified atom stereocenters. The molecular weight excluding hydrogens is 709 g/mol. The van der Waals surface area contributed by atoms with Crippen LogP contribution in [0, 0.1) is 5.41 Å². The minimum Gasteiger partial charge on any atom is -0.370 e. The standard InChI is InChI=1S/C42H48N10O4/c1-48(2)39(55)33-23-28-25-44-40(47-37(28)51(33)29-7-4-5-8-29)45-34-13-11-27(24-43-34)26-15-17-42(18-16-26)19-21-50(22-20-42)30-9-6-10-31-36(30)49(3)41(56)52(31)32-12-14-35(53)46-38(32)54/h6,9-11,13,15,23-25,29,32H,4-5,7-8,12,14,16-22H2,1-3H3,(H,46,53,54)(H,43,44,45,47)/t32-/m0/s1. The van der Waals surface area contributed by atoms with Crippen LogP contribution in [0.1, 0.15) is 98.8 Å². The number of hydrogen-bond donors (Lipinski definition) is 2. The van der Waals surface area contributed by atoms with Crippen molar-refractivity contribution < 1.29 is 14.4 Å². The van der Waals surface area contributed by atoms with Crippen molar-refractivity contribution in [3.63, 3.8) is 0 Å². The first-order valence-electron chi connectivity index (χ1n) is 19.9.